The molecule has 0 radical (unpaired) electrons. The maximum Gasteiger partial charge on any atom is 0.226 e. The molecule has 2 fully saturated rings. The second kappa shape index (κ2) is 10.7. The molecule has 0 bridgehead atoms. The normalized spacial score (nSPS) is 28.6. The quantitative estimate of drug-likeness (QED) is 0.348. The Balaban J connectivity index is 1.75. The van der Waals surface area contributed by atoms with E-state index in [0.717, 1.165) is 32.1 Å². The molecule has 1 saturated carbocycles. The maximum atomic E-state index is 11.3. The summed E-state index contributed by atoms with van der Waals surface area (Å²) < 4.78 is 6.17. The van der Waals surface area contributed by atoms with Crippen molar-refractivity contribution in [3.05, 3.63) is 24.3 Å². The topological polar surface area (TPSA) is 87.0 Å². The minimum Gasteiger partial charge on any atom is -0.388 e. The fourth-order valence-electron chi connectivity index (χ4n) is 4.62. The van der Waals surface area contributed by atoms with E-state index in [4.69, 9.17) is 9.84 Å². The lowest BCUT2D eigenvalue weighted by Crippen LogP contribution is -2.40. The minimum absolute atomic E-state index is 0.0650. The van der Waals surface area contributed by atoms with E-state index in [0.29, 0.717) is 36.7 Å². The molecule has 1 aliphatic heterocycles. The summed E-state index contributed by atoms with van der Waals surface area (Å²) in [6.45, 7) is 7.78. The Bertz CT molecular complexity index is 553. The van der Waals surface area contributed by atoms with Gasteiger partial charge in [-0.1, -0.05) is 44.6 Å². The monoisotopic (exact) mass is 394 g/mol. The molecule has 1 saturated heterocycles. The number of aliphatic hydroxyl groups excluding tert-OH is 1. The predicted molar refractivity (Wildman–Crippen MR) is 110 cm³/mol. The standard InChI is InChI=1S/C23H38O5/c1-4-7-16(2)17(3)8-5-9-18-11-12-21-20(18)14-19(28-21)10-6-13-23(26,27)22(25)15-24/h5,9,17-21,24,26-27H,2,4,6-8,10-15H2,1,3H3/t17-,18-,19-,20+,21+/m0/s1. The molecule has 2 aliphatic rings. The lowest BCUT2D eigenvalue weighted by atomic mass is 9.89. The molecule has 0 unspecified atom stereocenters. The number of carbonyl (C=O) groups excluding carboxylic acids is 1. The van der Waals surface area contributed by atoms with Crippen LogP contribution in [0.5, 0.6) is 0 Å². The van der Waals surface area contributed by atoms with Crippen molar-refractivity contribution in [2.45, 2.75) is 89.6 Å². The van der Waals surface area contributed by atoms with Crippen molar-refractivity contribution in [1.29, 1.82) is 0 Å². The Morgan fingerprint density at radius 2 is 2.11 bits per heavy atom. The fraction of sp³-hybridized carbons (Fsp3) is 0.783. The first-order valence-electron chi connectivity index (χ1n) is 10.9. The molecular formula is C23H38O5. The van der Waals surface area contributed by atoms with Gasteiger partial charge in [-0.05, 0) is 62.7 Å². The highest BCUT2D eigenvalue weighted by molar-refractivity contribution is 5.86. The van der Waals surface area contributed by atoms with Gasteiger partial charge in [-0.3, -0.25) is 4.79 Å². The molecule has 0 aromatic rings. The van der Waals surface area contributed by atoms with Gasteiger partial charge in [0.15, 0.2) is 0 Å². The highest BCUT2D eigenvalue weighted by atomic mass is 16.5. The smallest absolute Gasteiger partial charge is 0.226 e. The SMILES string of the molecule is C=C(CCC)[C@@H](C)CC=C[C@H]1CC[C@H]2O[C@@H](CCCC(O)(O)C(=O)CO)C[C@H]12. The molecule has 5 atom stereocenters. The van der Waals surface area contributed by atoms with Crippen molar-refractivity contribution in [2.24, 2.45) is 17.8 Å². The van der Waals surface area contributed by atoms with E-state index in [2.05, 4.69) is 32.6 Å². The molecule has 3 N–H and O–H groups in total. The second-order valence-electron chi connectivity index (χ2n) is 8.70. The van der Waals surface area contributed by atoms with Crippen LogP contribution in [0.15, 0.2) is 24.3 Å². The van der Waals surface area contributed by atoms with Crippen LogP contribution < -0.4 is 0 Å². The highest BCUT2D eigenvalue weighted by Gasteiger charge is 2.43. The van der Waals surface area contributed by atoms with Crippen LogP contribution in [0.25, 0.3) is 0 Å². The predicted octanol–water partition coefficient (Wildman–Crippen LogP) is 3.52. The number of rotatable bonds is 12. The van der Waals surface area contributed by atoms with Crippen LogP contribution in [0.1, 0.15) is 71.6 Å². The van der Waals surface area contributed by atoms with Crippen LogP contribution in [-0.4, -0.2) is 45.7 Å². The largest absolute Gasteiger partial charge is 0.388 e. The minimum atomic E-state index is -2.42. The third-order valence-corrected chi connectivity index (χ3v) is 6.50. The Hall–Kier alpha value is -1.01. The van der Waals surface area contributed by atoms with Gasteiger partial charge in [0.05, 0.1) is 12.2 Å². The summed E-state index contributed by atoms with van der Waals surface area (Å²) in [5.41, 5.74) is 1.34. The first kappa shape index (κ1) is 23.3. The molecule has 2 rings (SSSR count). The van der Waals surface area contributed by atoms with Crippen molar-refractivity contribution >= 4 is 5.78 Å². The number of fused-ring (bicyclic) bond motifs is 1. The number of ketones is 1. The molecule has 0 spiro atoms. The molecule has 5 heteroatoms. The molecule has 0 aromatic carbocycles. The number of allylic oxidation sites excluding steroid dienone is 3. The van der Waals surface area contributed by atoms with E-state index >= 15 is 0 Å². The molecular weight excluding hydrogens is 356 g/mol. The zero-order valence-electron chi connectivity index (χ0n) is 17.5. The zero-order valence-corrected chi connectivity index (χ0v) is 17.5. The number of ether oxygens (including phenoxy) is 1. The summed E-state index contributed by atoms with van der Waals surface area (Å²) in [5.74, 6) is -1.74. The summed E-state index contributed by atoms with van der Waals surface area (Å²) in [5, 5.41) is 28.1. The van der Waals surface area contributed by atoms with Crippen molar-refractivity contribution in [2.75, 3.05) is 6.61 Å². The number of hydrogen-bond acceptors (Lipinski definition) is 5. The van der Waals surface area contributed by atoms with Crippen molar-refractivity contribution in [1.82, 2.24) is 0 Å². The van der Waals surface area contributed by atoms with Gasteiger partial charge >= 0.3 is 0 Å². The maximum absolute atomic E-state index is 11.3. The molecule has 5 nitrogen and oxygen atoms in total. The van der Waals surface area contributed by atoms with Crippen LogP contribution in [0.4, 0.5) is 0 Å². The Morgan fingerprint density at radius 1 is 1.36 bits per heavy atom. The van der Waals surface area contributed by atoms with Gasteiger partial charge in [0.25, 0.3) is 0 Å². The molecule has 1 aliphatic carbocycles. The third kappa shape index (κ3) is 6.24. The van der Waals surface area contributed by atoms with Crippen molar-refractivity contribution < 1.29 is 24.9 Å². The summed E-state index contributed by atoms with van der Waals surface area (Å²) >= 11 is 0. The Morgan fingerprint density at radius 3 is 2.79 bits per heavy atom. The summed E-state index contributed by atoms with van der Waals surface area (Å²) in [7, 11) is 0. The molecule has 1 heterocycles. The average molecular weight is 395 g/mol. The third-order valence-electron chi connectivity index (χ3n) is 6.50. The number of hydrogen-bond donors (Lipinski definition) is 3. The van der Waals surface area contributed by atoms with Crippen molar-refractivity contribution in [3.8, 4) is 0 Å². The summed E-state index contributed by atoms with van der Waals surface area (Å²) in [6, 6.07) is 0. The van der Waals surface area contributed by atoms with Gasteiger partial charge in [0.1, 0.15) is 6.61 Å². The number of aliphatic hydroxyl groups is 3. The molecule has 28 heavy (non-hydrogen) atoms. The van der Waals surface area contributed by atoms with Crippen LogP contribution >= 0.6 is 0 Å². The van der Waals surface area contributed by atoms with E-state index in [1.807, 2.05) is 0 Å². The van der Waals surface area contributed by atoms with Crippen LogP contribution in [0, 0.1) is 17.8 Å². The van der Waals surface area contributed by atoms with Gasteiger partial charge in [0, 0.05) is 6.42 Å². The Labute approximate surface area is 169 Å². The lowest BCUT2D eigenvalue weighted by molar-refractivity contribution is -0.188. The van der Waals surface area contributed by atoms with Crippen molar-refractivity contribution in [3.63, 3.8) is 0 Å². The van der Waals surface area contributed by atoms with Gasteiger partial charge in [-0.15, -0.1) is 0 Å². The first-order valence-corrected chi connectivity index (χ1v) is 10.9. The average Bonchev–Trinajstić information content (AvgIpc) is 3.22. The van der Waals surface area contributed by atoms with E-state index in [1.165, 1.54) is 12.0 Å². The van der Waals surface area contributed by atoms with E-state index in [-0.39, 0.29) is 12.5 Å². The number of Topliss-reactive ketones (excluding diaryl/α,β-unsaturated/α-hetero) is 1. The highest BCUT2D eigenvalue weighted by Crippen LogP contribution is 2.45. The van der Waals surface area contributed by atoms with E-state index in [9.17, 15) is 15.0 Å². The van der Waals surface area contributed by atoms with E-state index in [1.54, 1.807) is 0 Å². The van der Waals surface area contributed by atoms with Gasteiger partial charge < -0.3 is 20.1 Å². The Kier molecular flexibility index (Phi) is 8.87. The molecule has 160 valence electrons. The van der Waals surface area contributed by atoms with Gasteiger partial charge in [0.2, 0.25) is 11.6 Å². The zero-order chi connectivity index (χ0) is 20.7. The summed E-state index contributed by atoms with van der Waals surface area (Å²) in [6.07, 6.45) is 12.8. The fourth-order valence-corrected chi connectivity index (χ4v) is 4.62. The second-order valence-corrected chi connectivity index (χ2v) is 8.70. The van der Waals surface area contributed by atoms with Crippen LogP contribution in [0.3, 0.4) is 0 Å². The summed E-state index contributed by atoms with van der Waals surface area (Å²) in [4.78, 5) is 11.3. The van der Waals surface area contributed by atoms with Crippen LogP contribution in [0.2, 0.25) is 0 Å². The number of carbonyl (C=O) groups is 1. The first-order chi connectivity index (χ1) is 13.3. The van der Waals surface area contributed by atoms with Gasteiger partial charge in [-0.25, -0.2) is 0 Å². The van der Waals surface area contributed by atoms with E-state index < -0.39 is 18.2 Å². The van der Waals surface area contributed by atoms with Gasteiger partial charge in [-0.2, -0.15) is 0 Å². The molecule has 0 aromatic heterocycles. The lowest BCUT2D eigenvalue weighted by Gasteiger charge is -2.20. The molecule has 0 amide bonds. The van der Waals surface area contributed by atoms with Crippen LogP contribution in [-0.2, 0) is 9.53 Å².